The number of amides is 2. The van der Waals surface area contributed by atoms with Crippen LogP contribution in [0.25, 0.3) is 11.0 Å². The number of ether oxygens (including phenoxy) is 1. The van der Waals surface area contributed by atoms with Crippen molar-refractivity contribution in [3.8, 4) is 0 Å². The quantitative estimate of drug-likeness (QED) is 0.795. The molecule has 2 aromatic rings. The lowest BCUT2D eigenvalue weighted by Gasteiger charge is -2.28. The summed E-state index contributed by atoms with van der Waals surface area (Å²) < 4.78 is 5.19. The molecule has 0 spiro atoms. The number of carbonyl (C=O) groups excluding carboxylic acids is 2. The Balaban J connectivity index is 1.30. The zero-order chi connectivity index (χ0) is 21.5. The summed E-state index contributed by atoms with van der Waals surface area (Å²) in [6.07, 6.45) is 4.98. The normalized spacial score (nSPS) is 23.5. The van der Waals surface area contributed by atoms with Gasteiger partial charge >= 0.3 is 6.09 Å². The number of hydrogen-bond acceptors (Lipinski definition) is 6. The van der Waals surface area contributed by atoms with E-state index < -0.39 is 11.7 Å². The number of fused-ring (bicyclic) bond motifs is 2. The van der Waals surface area contributed by atoms with Crippen LogP contribution in [0.1, 0.15) is 33.6 Å². The van der Waals surface area contributed by atoms with Gasteiger partial charge in [-0.25, -0.2) is 14.8 Å². The Bertz CT molecular complexity index is 922. The number of nitrogens with zero attached hydrogens (tertiary/aromatic N) is 4. The van der Waals surface area contributed by atoms with Crippen molar-refractivity contribution >= 4 is 28.9 Å². The van der Waals surface area contributed by atoms with Crippen molar-refractivity contribution < 1.29 is 14.3 Å². The second-order valence-electron chi connectivity index (χ2n) is 9.35. The zero-order valence-corrected chi connectivity index (χ0v) is 18.0. The smallest absolute Gasteiger partial charge is 0.408 e. The van der Waals surface area contributed by atoms with E-state index in [1.54, 1.807) is 27.1 Å². The van der Waals surface area contributed by atoms with Crippen LogP contribution < -0.4 is 10.2 Å². The van der Waals surface area contributed by atoms with Gasteiger partial charge in [0, 0.05) is 32.4 Å². The SMILES string of the molecule is CN(c1ncnc2[nH]ccc12)[C@H]1C[C@@H]2CN(C(=O)CNC(=O)OC(C)(C)C)C[C@@H]2C1. The van der Waals surface area contributed by atoms with E-state index in [2.05, 4.69) is 32.2 Å². The second kappa shape index (κ2) is 7.77. The number of rotatable bonds is 4. The average molecular weight is 415 g/mol. The first-order valence-corrected chi connectivity index (χ1v) is 10.5. The van der Waals surface area contributed by atoms with Gasteiger partial charge in [-0.2, -0.15) is 0 Å². The Morgan fingerprint density at radius 2 is 1.97 bits per heavy atom. The number of nitrogens with one attached hydrogen (secondary N) is 2. The van der Waals surface area contributed by atoms with E-state index in [1.165, 1.54) is 0 Å². The predicted molar refractivity (Wildman–Crippen MR) is 113 cm³/mol. The van der Waals surface area contributed by atoms with Crippen LogP contribution in [0.4, 0.5) is 10.6 Å². The molecular weight excluding hydrogens is 384 g/mol. The molecule has 1 aliphatic carbocycles. The molecule has 3 atom stereocenters. The average Bonchev–Trinajstić information content (AvgIpc) is 3.37. The van der Waals surface area contributed by atoms with Crippen LogP contribution in [0.15, 0.2) is 18.6 Å². The first-order chi connectivity index (χ1) is 14.2. The van der Waals surface area contributed by atoms with Gasteiger partial charge in [-0.15, -0.1) is 0 Å². The number of aromatic amines is 1. The molecule has 162 valence electrons. The number of hydrogen-bond donors (Lipinski definition) is 2. The van der Waals surface area contributed by atoms with E-state index >= 15 is 0 Å². The van der Waals surface area contributed by atoms with Gasteiger partial charge in [0.1, 0.15) is 29.9 Å². The van der Waals surface area contributed by atoms with Crippen molar-refractivity contribution in [2.75, 3.05) is 31.6 Å². The minimum Gasteiger partial charge on any atom is -0.444 e. The molecule has 2 fully saturated rings. The minimum atomic E-state index is -0.575. The molecule has 1 saturated carbocycles. The maximum atomic E-state index is 12.5. The van der Waals surface area contributed by atoms with Crippen molar-refractivity contribution in [3.63, 3.8) is 0 Å². The standard InChI is InChI=1S/C21H30N6O3/c1-21(2,3)30-20(29)23-9-17(28)27-10-13-7-15(8-14(13)11-27)26(4)19-16-5-6-22-18(16)24-12-25-19/h5-6,12-15H,7-11H2,1-4H3,(H,23,29)(H,22,24,25)/t13-,14+,15+. The molecule has 0 bridgehead atoms. The topological polar surface area (TPSA) is 103 Å². The fourth-order valence-corrected chi connectivity index (χ4v) is 4.67. The van der Waals surface area contributed by atoms with Crippen LogP contribution >= 0.6 is 0 Å². The molecule has 30 heavy (non-hydrogen) atoms. The molecule has 2 aromatic heterocycles. The summed E-state index contributed by atoms with van der Waals surface area (Å²) in [6.45, 7) is 6.86. The van der Waals surface area contributed by atoms with Crippen LogP contribution in [0.2, 0.25) is 0 Å². The van der Waals surface area contributed by atoms with Crippen molar-refractivity contribution in [2.45, 2.75) is 45.3 Å². The lowest BCUT2D eigenvalue weighted by atomic mass is 10.0. The number of alkyl carbamates (subject to hydrolysis) is 1. The van der Waals surface area contributed by atoms with E-state index in [4.69, 9.17) is 4.74 Å². The summed E-state index contributed by atoms with van der Waals surface area (Å²) in [6, 6.07) is 2.40. The number of H-pyrrole nitrogens is 1. The van der Waals surface area contributed by atoms with E-state index in [9.17, 15) is 9.59 Å². The predicted octanol–water partition coefficient (Wildman–Crippen LogP) is 2.16. The summed E-state index contributed by atoms with van der Waals surface area (Å²) in [5, 5.41) is 3.60. The largest absolute Gasteiger partial charge is 0.444 e. The van der Waals surface area contributed by atoms with E-state index in [0.29, 0.717) is 17.9 Å². The van der Waals surface area contributed by atoms with Gasteiger partial charge in [-0.1, -0.05) is 0 Å². The Kier molecular flexibility index (Phi) is 5.29. The third-order valence-electron chi connectivity index (χ3n) is 6.08. The van der Waals surface area contributed by atoms with Gasteiger partial charge < -0.3 is 24.8 Å². The van der Waals surface area contributed by atoms with Crippen molar-refractivity contribution in [2.24, 2.45) is 11.8 Å². The molecule has 0 aromatic carbocycles. The zero-order valence-electron chi connectivity index (χ0n) is 18.0. The van der Waals surface area contributed by atoms with Crippen LogP contribution in [0, 0.1) is 11.8 Å². The van der Waals surface area contributed by atoms with E-state index in [0.717, 1.165) is 42.8 Å². The maximum absolute atomic E-state index is 12.5. The fourth-order valence-electron chi connectivity index (χ4n) is 4.67. The molecule has 0 radical (unpaired) electrons. The summed E-state index contributed by atoms with van der Waals surface area (Å²) in [5.41, 5.74) is 0.272. The van der Waals surface area contributed by atoms with Gasteiger partial charge in [0.05, 0.1) is 5.39 Å². The number of anilines is 1. The molecule has 9 nitrogen and oxygen atoms in total. The molecule has 4 rings (SSSR count). The van der Waals surface area contributed by atoms with Crippen LogP contribution in [0.3, 0.4) is 0 Å². The highest BCUT2D eigenvalue weighted by atomic mass is 16.6. The van der Waals surface area contributed by atoms with Crippen molar-refractivity contribution in [3.05, 3.63) is 18.6 Å². The fraction of sp³-hybridized carbons (Fsp3) is 0.619. The molecule has 2 N–H and O–H groups in total. The summed E-state index contributed by atoms with van der Waals surface area (Å²) in [4.78, 5) is 40.3. The lowest BCUT2D eigenvalue weighted by molar-refractivity contribution is -0.129. The highest BCUT2D eigenvalue weighted by molar-refractivity contribution is 5.87. The molecule has 1 saturated heterocycles. The first-order valence-electron chi connectivity index (χ1n) is 10.5. The number of likely N-dealkylation sites (tertiary alicyclic amines) is 1. The Morgan fingerprint density at radius 1 is 1.27 bits per heavy atom. The first kappa shape index (κ1) is 20.4. The molecule has 1 aliphatic heterocycles. The molecule has 3 heterocycles. The van der Waals surface area contributed by atoms with Crippen LogP contribution in [-0.4, -0.2) is 70.2 Å². The molecular formula is C21H30N6O3. The van der Waals surface area contributed by atoms with Gasteiger partial charge in [0.15, 0.2) is 0 Å². The third-order valence-corrected chi connectivity index (χ3v) is 6.08. The van der Waals surface area contributed by atoms with Crippen LogP contribution in [0.5, 0.6) is 0 Å². The molecule has 2 amide bonds. The van der Waals surface area contributed by atoms with Gasteiger partial charge in [0.25, 0.3) is 0 Å². The van der Waals surface area contributed by atoms with E-state index in [-0.39, 0.29) is 12.5 Å². The monoisotopic (exact) mass is 414 g/mol. The second-order valence-corrected chi connectivity index (χ2v) is 9.35. The van der Waals surface area contributed by atoms with Gasteiger partial charge in [-0.3, -0.25) is 4.79 Å². The van der Waals surface area contributed by atoms with Crippen molar-refractivity contribution in [1.29, 1.82) is 0 Å². The lowest BCUT2D eigenvalue weighted by Crippen LogP contribution is -2.42. The Morgan fingerprint density at radius 3 is 2.63 bits per heavy atom. The van der Waals surface area contributed by atoms with E-state index in [1.807, 2.05) is 17.2 Å². The number of aromatic nitrogens is 3. The highest BCUT2D eigenvalue weighted by Crippen LogP contribution is 2.41. The minimum absolute atomic E-state index is 0.0237. The van der Waals surface area contributed by atoms with Gasteiger partial charge in [0.2, 0.25) is 5.91 Å². The van der Waals surface area contributed by atoms with Gasteiger partial charge in [-0.05, 0) is 51.5 Å². The maximum Gasteiger partial charge on any atom is 0.408 e. The molecule has 9 heteroatoms. The highest BCUT2D eigenvalue weighted by Gasteiger charge is 2.43. The summed E-state index contributed by atoms with van der Waals surface area (Å²) >= 11 is 0. The number of carbonyl (C=O) groups is 2. The molecule has 0 unspecified atom stereocenters. The summed E-state index contributed by atoms with van der Waals surface area (Å²) in [7, 11) is 2.09. The van der Waals surface area contributed by atoms with Crippen molar-refractivity contribution in [1.82, 2.24) is 25.2 Å². The third kappa shape index (κ3) is 4.20. The van der Waals surface area contributed by atoms with Crippen LogP contribution in [-0.2, 0) is 9.53 Å². The Hall–Kier alpha value is -2.84. The Labute approximate surface area is 176 Å². The summed E-state index contributed by atoms with van der Waals surface area (Å²) in [5.74, 6) is 1.85. The molecule has 2 aliphatic rings.